The molecule has 0 atom stereocenters. The summed E-state index contributed by atoms with van der Waals surface area (Å²) in [7, 11) is 3.16. The fourth-order valence-electron chi connectivity index (χ4n) is 2.17. The maximum absolute atomic E-state index is 12.3. The van der Waals surface area contributed by atoms with Gasteiger partial charge in [-0.1, -0.05) is 6.07 Å². The van der Waals surface area contributed by atoms with Crippen LogP contribution in [0.2, 0.25) is 0 Å². The van der Waals surface area contributed by atoms with Crippen LogP contribution in [0.1, 0.15) is 12.5 Å². The van der Waals surface area contributed by atoms with Gasteiger partial charge in [0.25, 0.3) is 5.91 Å². The Morgan fingerprint density at radius 2 is 2.09 bits per heavy atom. The van der Waals surface area contributed by atoms with Crippen molar-refractivity contribution in [3.63, 3.8) is 0 Å². The van der Waals surface area contributed by atoms with E-state index in [1.807, 2.05) is 25.1 Å². The standard InChI is InChI=1S/C16H20N2O4S/c1-4-22-13-6-5-11(10-14(13)21-3)9-12-15(19)18(7-8-20-2)16(23)17-12/h5-6,9-10H,4,7-8H2,1-3H3,(H,17,23)/b12-9+. The summed E-state index contributed by atoms with van der Waals surface area (Å²) in [6.07, 6.45) is 1.74. The lowest BCUT2D eigenvalue weighted by molar-refractivity contribution is -0.122. The van der Waals surface area contributed by atoms with Crippen LogP contribution in [-0.2, 0) is 9.53 Å². The van der Waals surface area contributed by atoms with Crippen molar-refractivity contribution in [1.82, 2.24) is 10.2 Å². The highest BCUT2D eigenvalue weighted by atomic mass is 32.1. The first kappa shape index (κ1) is 17.2. The highest BCUT2D eigenvalue weighted by Crippen LogP contribution is 2.29. The Morgan fingerprint density at radius 3 is 2.74 bits per heavy atom. The fourth-order valence-corrected chi connectivity index (χ4v) is 2.46. The van der Waals surface area contributed by atoms with Crippen molar-refractivity contribution < 1.29 is 19.0 Å². The number of nitrogens with zero attached hydrogens (tertiary/aromatic N) is 1. The maximum atomic E-state index is 12.3. The van der Waals surface area contributed by atoms with Crippen LogP contribution in [-0.4, -0.2) is 49.9 Å². The average Bonchev–Trinajstić information content (AvgIpc) is 2.81. The second-order valence-corrected chi connectivity index (χ2v) is 5.17. The number of ether oxygens (including phenoxy) is 3. The van der Waals surface area contributed by atoms with E-state index < -0.39 is 0 Å². The van der Waals surface area contributed by atoms with Gasteiger partial charge in [0, 0.05) is 7.11 Å². The molecule has 0 spiro atoms. The van der Waals surface area contributed by atoms with Gasteiger partial charge in [-0.15, -0.1) is 0 Å². The Morgan fingerprint density at radius 1 is 1.30 bits per heavy atom. The summed E-state index contributed by atoms with van der Waals surface area (Å²) in [5, 5.41) is 3.32. The number of hydrogen-bond acceptors (Lipinski definition) is 5. The van der Waals surface area contributed by atoms with Crippen LogP contribution < -0.4 is 14.8 Å². The Bertz CT molecular complexity index is 631. The molecule has 1 fully saturated rings. The first-order valence-corrected chi connectivity index (χ1v) is 7.65. The lowest BCUT2D eigenvalue weighted by Gasteiger charge is -2.12. The molecule has 1 aromatic carbocycles. The summed E-state index contributed by atoms with van der Waals surface area (Å²) in [6, 6.07) is 5.49. The zero-order valence-electron chi connectivity index (χ0n) is 13.4. The number of carbonyl (C=O) groups is 1. The van der Waals surface area contributed by atoms with Gasteiger partial charge >= 0.3 is 0 Å². The predicted molar refractivity (Wildman–Crippen MR) is 91.5 cm³/mol. The van der Waals surface area contributed by atoms with Crippen LogP contribution >= 0.6 is 12.2 Å². The molecule has 0 aromatic heterocycles. The van der Waals surface area contributed by atoms with E-state index in [1.54, 1.807) is 20.3 Å². The summed E-state index contributed by atoms with van der Waals surface area (Å²) in [6.45, 7) is 3.31. The van der Waals surface area contributed by atoms with Crippen molar-refractivity contribution in [2.24, 2.45) is 0 Å². The Balaban J connectivity index is 2.21. The first-order valence-electron chi connectivity index (χ1n) is 7.25. The molecule has 2 rings (SSSR count). The molecule has 1 aliphatic heterocycles. The van der Waals surface area contributed by atoms with Crippen molar-refractivity contribution in [3.8, 4) is 11.5 Å². The van der Waals surface area contributed by atoms with E-state index in [1.165, 1.54) is 4.90 Å². The summed E-state index contributed by atoms with van der Waals surface area (Å²) >= 11 is 5.18. The van der Waals surface area contributed by atoms with E-state index >= 15 is 0 Å². The first-order chi connectivity index (χ1) is 11.1. The molecule has 1 aromatic rings. The van der Waals surface area contributed by atoms with Gasteiger partial charge in [0.05, 0.1) is 26.9 Å². The normalized spacial score (nSPS) is 16.0. The van der Waals surface area contributed by atoms with Crippen molar-refractivity contribution in [3.05, 3.63) is 29.5 Å². The van der Waals surface area contributed by atoms with Gasteiger partial charge in [-0.3, -0.25) is 9.69 Å². The number of nitrogens with one attached hydrogen (secondary N) is 1. The number of methoxy groups -OCH3 is 2. The van der Waals surface area contributed by atoms with E-state index in [0.29, 0.717) is 42.1 Å². The van der Waals surface area contributed by atoms with E-state index in [-0.39, 0.29) is 5.91 Å². The zero-order chi connectivity index (χ0) is 16.8. The van der Waals surface area contributed by atoms with Gasteiger partial charge in [0.2, 0.25) is 0 Å². The molecule has 1 aliphatic rings. The Labute approximate surface area is 141 Å². The lowest BCUT2D eigenvalue weighted by Crippen LogP contribution is -2.33. The molecule has 1 amide bonds. The third-order valence-electron chi connectivity index (χ3n) is 3.28. The number of hydrogen-bond donors (Lipinski definition) is 1. The molecule has 0 radical (unpaired) electrons. The van der Waals surface area contributed by atoms with Crippen LogP contribution in [0.3, 0.4) is 0 Å². The molecule has 23 heavy (non-hydrogen) atoms. The van der Waals surface area contributed by atoms with Crippen LogP contribution in [0.5, 0.6) is 11.5 Å². The maximum Gasteiger partial charge on any atom is 0.276 e. The van der Waals surface area contributed by atoms with E-state index in [0.717, 1.165) is 5.56 Å². The summed E-state index contributed by atoms with van der Waals surface area (Å²) in [4.78, 5) is 13.8. The summed E-state index contributed by atoms with van der Waals surface area (Å²) in [5.74, 6) is 1.12. The fraction of sp³-hybridized carbons (Fsp3) is 0.375. The monoisotopic (exact) mass is 336 g/mol. The van der Waals surface area contributed by atoms with Crippen LogP contribution in [0.25, 0.3) is 6.08 Å². The largest absolute Gasteiger partial charge is 0.493 e. The minimum Gasteiger partial charge on any atom is -0.493 e. The minimum absolute atomic E-state index is 0.167. The van der Waals surface area contributed by atoms with Crippen LogP contribution in [0.15, 0.2) is 23.9 Å². The van der Waals surface area contributed by atoms with Gasteiger partial charge in [-0.2, -0.15) is 0 Å². The SMILES string of the molecule is CCOc1ccc(/C=C2/NC(=S)N(CCOC)C2=O)cc1OC. The zero-order valence-corrected chi connectivity index (χ0v) is 14.2. The van der Waals surface area contributed by atoms with E-state index in [9.17, 15) is 4.79 Å². The molecule has 124 valence electrons. The van der Waals surface area contributed by atoms with Crippen molar-refractivity contribution >= 4 is 29.3 Å². The van der Waals surface area contributed by atoms with Crippen LogP contribution in [0.4, 0.5) is 0 Å². The third kappa shape index (κ3) is 4.00. The molecule has 6 nitrogen and oxygen atoms in total. The molecular formula is C16H20N2O4S. The molecule has 1 saturated heterocycles. The molecule has 1 N–H and O–H groups in total. The molecule has 7 heteroatoms. The third-order valence-corrected chi connectivity index (χ3v) is 3.60. The molecule has 0 aliphatic carbocycles. The Kier molecular flexibility index (Phi) is 5.95. The van der Waals surface area contributed by atoms with Gasteiger partial charge < -0.3 is 19.5 Å². The van der Waals surface area contributed by atoms with Gasteiger partial charge in [0.1, 0.15) is 5.70 Å². The number of thiocarbonyl (C=S) groups is 1. The average molecular weight is 336 g/mol. The van der Waals surface area contributed by atoms with Crippen molar-refractivity contribution in [1.29, 1.82) is 0 Å². The van der Waals surface area contributed by atoms with Crippen LogP contribution in [0, 0.1) is 0 Å². The van der Waals surface area contributed by atoms with Crippen molar-refractivity contribution in [2.45, 2.75) is 6.92 Å². The summed E-state index contributed by atoms with van der Waals surface area (Å²) in [5.41, 5.74) is 1.25. The number of amides is 1. The molecule has 0 saturated carbocycles. The van der Waals surface area contributed by atoms with Gasteiger partial charge in [-0.25, -0.2) is 0 Å². The van der Waals surface area contributed by atoms with Gasteiger partial charge in [0.15, 0.2) is 16.6 Å². The topological polar surface area (TPSA) is 60.0 Å². The number of benzene rings is 1. The molecule has 0 bridgehead atoms. The smallest absolute Gasteiger partial charge is 0.276 e. The molecule has 0 unspecified atom stereocenters. The quantitative estimate of drug-likeness (QED) is 0.605. The second-order valence-electron chi connectivity index (χ2n) is 4.78. The summed E-state index contributed by atoms with van der Waals surface area (Å²) < 4.78 is 15.8. The number of carbonyl (C=O) groups excluding carboxylic acids is 1. The second kappa shape index (κ2) is 7.94. The molecule has 1 heterocycles. The Hall–Kier alpha value is -2.12. The molecular weight excluding hydrogens is 316 g/mol. The predicted octanol–water partition coefficient (Wildman–Crippen LogP) is 1.80. The van der Waals surface area contributed by atoms with Crippen molar-refractivity contribution in [2.75, 3.05) is 34.0 Å². The highest BCUT2D eigenvalue weighted by molar-refractivity contribution is 7.80. The minimum atomic E-state index is -0.167. The van der Waals surface area contributed by atoms with E-state index in [4.69, 9.17) is 26.4 Å². The lowest BCUT2D eigenvalue weighted by atomic mass is 10.1. The van der Waals surface area contributed by atoms with E-state index in [2.05, 4.69) is 5.32 Å². The van der Waals surface area contributed by atoms with Gasteiger partial charge in [-0.05, 0) is 42.9 Å². The number of rotatable bonds is 7. The highest BCUT2D eigenvalue weighted by Gasteiger charge is 2.30.